The van der Waals surface area contributed by atoms with Crippen LogP contribution in [-0.2, 0) is 4.79 Å². The van der Waals surface area contributed by atoms with Gasteiger partial charge in [0.2, 0.25) is 5.91 Å². The number of nitrogens with one attached hydrogen (secondary N) is 2. The van der Waals surface area contributed by atoms with Crippen LogP contribution in [0.2, 0.25) is 5.02 Å². The molecule has 0 spiro atoms. The lowest BCUT2D eigenvalue weighted by Crippen LogP contribution is -2.15. The van der Waals surface area contributed by atoms with Crippen molar-refractivity contribution in [1.29, 1.82) is 0 Å². The summed E-state index contributed by atoms with van der Waals surface area (Å²) >= 11 is 6.08. The summed E-state index contributed by atoms with van der Waals surface area (Å²) in [6.07, 6.45) is 0.462. The van der Waals surface area contributed by atoms with Crippen molar-refractivity contribution in [2.45, 2.75) is 27.2 Å². The Labute approximate surface area is 135 Å². The molecule has 1 amide bonds. The fourth-order valence-electron chi connectivity index (χ4n) is 1.91. The summed E-state index contributed by atoms with van der Waals surface area (Å²) in [5, 5.41) is 14.6. The fraction of sp³-hybridized carbons (Fsp3) is 0.312. The summed E-state index contributed by atoms with van der Waals surface area (Å²) in [4.78, 5) is 11.7. The first-order valence-electron chi connectivity index (χ1n) is 7.11. The quantitative estimate of drug-likeness (QED) is 0.868. The minimum atomic E-state index is -0.0595. The molecule has 0 bridgehead atoms. The Bertz CT molecular complexity index is 656. The molecule has 1 aromatic carbocycles. The maximum absolute atomic E-state index is 11.7. The van der Waals surface area contributed by atoms with E-state index in [9.17, 15) is 4.79 Å². The van der Waals surface area contributed by atoms with Gasteiger partial charge in [0.25, 0.3) is 0 Å². The van der Waals surface area contributed by atoms with Gasteiger partial charge in [0.15, 0.2) is 11.6 Å². The highest BCUT2D eigenvalue weighted by atomic mass is 35.5. The first kappa shape index (κ1) is 16.2. The van der Waals surface area contributed by atoms with E-state index in [1.807, 2.05) is 39.0 Å². The van der Waals surface area contributed by atoms with Crippen molar-refractivity contribution >= 4 is 34.8 Å². The number of nitrogens with zero attached hydrogens (tertiary/aromatic N) is 2. The standard InChI is InChI=1S/C16H19ClN4O/c1-10(2)9-16(22)19-15-8-7-14(20-21-15)18-13-6-4-5-12(17)11(13)3/h4-8,10H,9H2,1-3H3,(H,18,20)(H,19,21,22). The number of carbonyl (C=O) groups is 1. The minimum absolute atomic E-state index is 0.0595. The van der Waals surface area contributed by atoms with Crippen molar-refractivity contribution in [2.75, 3.05) is 10.6 Å². The number of halogens is 1. The number of carbonyl (C=O) groups excluding carboxylic acids is 1. The number of aromatic nitrogens is 2. The highest BCUT2D eigenvalue weighted by molar-refractivity contribution is 6.31. The maximum Gasteiger partial charge on any atom is 0.225 e. The average Bonchev–Trinajstić information content (AvgIpc) is 2.45. The lowest BCUT2D eigenvalue weighted by Gasteiger charge is -2.10. The number of amides is 1. The van der Waals surface area contributed by atoms with Crippen LogP contribution in [0, 0.1) is 12.8 Å². The van der Waals surface area contributed by atoms with E-state index >= 15 is 0 Å². The van der Waals surface area contributed by atoms with Crippen LogP contribution < -0.4 is 10.6 Å². The van der Waals surface area contributed by atoms with E-state index < -0.39 is 0 Å². The molecule has 0 saturated carbocycles. The Hall–Kier alpha value is -2.14. The Morgan fingerprint density at radius 1 is 1.18 bits per heavy atom. The first-order valence-corrected chi connectivity index (χ1v) is 7.49. The van der Waals surface area contributed by atoms with Crippen LogP contribution in [0.3, 0.4) is 0 Å². The summed E-state index contributed by atoms with van der Waals surface area (Å²) in [5.41, 5.74) is 1.82. The zero-order chi connectivity index (χ0) is 16.1. The summed E-state index contributed by atoms with van der Waals surface area (Å²) in [5.74, 6) is 1.28. The zero-order valence-corrected chi connectivity index (χ0v) is 13.6. The molecule has 2 N–H and O–H groups in total. The van der Waals surface area contributed by atoms with Crippen molar-refractivity contribution in [1.82, 2.24) is 10.2 Å². The molecule has 2 aromatic rings. The largest absolute Gasteiger partial charge is 0.338 e. The van der Waals surface area contributed by atoms with Gasteiger partial charge in [-0.15, -0.1) is 10.2 Å². The topological polar surface area (TPSA) is 66.9 Å². The normalized spacial score (nSPS) is 10.6. The van der Waals surface area contributed by atoms with Gasteiger partial charge in [-0.3, -0.25) is 4.79 Å². The van der Waals surface area contributed by atoms with Gasteiger partial charge in [-0.1, -0.05) is 31.5 Å². The van der Waals surface area contributed by atoms with E-state index in [-0.39, 0.29) is 5.91 Å². The molecule has 116 valence electrons. The molecule has 0 atom stereocenters. The van der Waals surface area contributed by atoms with E-state index in [2.05, 4.69) is 20.8 Å². The lowest BCUT2D eigenvalue weighted by atomic mass is 10.1. The Balaban J connectivity index is 2.03. The molecule has 0 saturated heterocycles. The molecule has 0 aliphatic rings. The second-order valence-corrected chi connectivity index (χ2v) is 5.89. The Kier molecular flexibility index (Phi) is 5.33. The van der Waals surface area contributed by atoms with Gasteiger partial charge in [-0.05, 0) is 42.7 Å². The maximum atomic E-state index is 11.7. The number of hydrogen-bond donors (Lipinski definition) is 2. The Morgan fingerprint density at radius 2 is 1.86 bits per heavy atom. The van der Waals surface area contributed by atoms with E-state index in [0.717, 1.165) is 11.3 Å². The molecular weight excluding hydrogens is 300 g/mol. The van der Waals surface area contributed by atoms with Crippen LogP contribution in [0.25, 0.3) is 0 Å². The zero-order valence-electron chi connectivity index (χ0n) is 12.9. The summed E-state index contributed by atoms with van der Waals surface area (Å²) < 4.78 is 0. The third-order valence-corrected chi connectivity index (χ3v) is 3.47. The fourth-order valence-corrected chi connectivity index (χ4v) is 2.09. The van der Waals surface area contributed by atoms with Crippen LogP contribution in [-0.4, -0.2) is 16.1 Å². The predicted octanol–water partition coefficient (Wildman–Crippen LogP) is 4.17. The summed E-state index contributed by atoms with van der Waals surface area (Å²) in [6, 6.07) is 9.10. The van der Waals surface area contributed by atoms with E-state index in [1.165, 1.54) is 0 Å². The number of rotatable bonds is 5. The minimum Gasteiger partial charge on any atom is -0.338 e. The van der Waals surface area contributed by atoms with E-state index in [1.54, 1.807) is 12.1 Å². The molecule has 1 heterocycles. The van der Waals surface area contributed by atoms with Gasteiger partial charge in [0.05, 0.1) is 0 Å². The summed E-state index contributed by atoms with van der Waals surface area (Å²) in [6.45, 7) is 5.91. The van der Waals surface area contributed by atoms with Crippen LogP contribution in [0.5, 0.6) is 0 Å². The molecule has 5 nitrogen and oxygen atoms in total. The molecule has 2 rings (SSSR count). The molecular formula is C16H19ClN4O. The molecule has 6 heteroatoms. The van der Waals surface area contributed by atoms with Crippen LogP contribution >= 0.6 is 11.6 Å². The number of hydrogen-bond acceptors (Lipinski definition) is 4. The molecule has 0 fully saturated rings. The molecule has 0 radical (unpaired) electrons. The first-order chi connectivity index (χ1) is 10.5. The Morgan fingerprint density at radius 3 is 2.50 bits per heavy atom. The average molecular weight is 319 g/mol. The second kappa shape index (κ2) is 7.22. The third-order valence-electron chi connectivity index (χ3n) is 3.06. The van der Waals surface area contributed by atoms with Crippen LogP contribution in [0.4, 0.5) is 17.3 Å². The molecule has 0 aliphatic heterocycles. The van der Waals surface area contributed by atoms with E-state index in [0.29, 0.717) is 29.0 Å². The molecule has 0 unspecified atom stereocenters. The second-order valence-electron chi connectivity index (χ2n) is 5.49. The molecule has 1 aromatic heterocycles. The molecule has 22 heavy (non-hydrogen) atoms. The van der Waals surface area contributed by atoms with Gasteiger partial charge >= 0.3 is 0 Å². The highest BCUT2D eigenvalue weighted by Gasteiger charge is 2.07. The van der Waals surface area contributed by atoms with Gasteiger partial charge < -0.3 is 10.6 Å². The monoisotopic (exact) mass is 318 g/mol. The number of anilines is 3. The molecule has 0 aliphatic carbocycles. The highest BCUT2D eigenvalue weighted by Crippen LogP contribution is 2.25. The van der Waals surface area contributed by atoms with Crippen molar-refractivity contribution in [3.05, 3.63) is 40.9 Å². The van der Waals surface area contributed by atoms with E-state index in [4.69, 9.17) is 11.6 Å². The van der Waals surface area contributed by atoms with Crippen molar-refractivity contribution in [3.63, 3.8) is 0 Å². The van der Waals surface area contributed by atoms with Crippen molar-refractivity contribution in [3.8, 4) is 0 Å². The smallest absolute Gasteiger partial charge is 0.225 e. The lowest BCUT2D eigenvalue weighted by molar-refractivity contribution is -0.116. The van der Waals surface area contributed by atoms with Crippen LogP contribution in [0.15, 0.2) is 30.3 Å². The summed E-state index contributed by atoms with van der Waals surface area (Å²) in [7, 11) is 0. The number of benzene rings is 1. The van der Waals surface area contributed by atoms with Gasteiger partial charge in [0, 0.05) is 17.1 Å². The van der Waals surface area contributed by atoms with Crippen LogP contribution in [0.1, 0.15) is 25.8 Å². The van der Waals surface area contributed by atoms with Gasteiger partial charge in [-0.2, -0.15) is 0 Å². The third kappa shape index (κ3) is 4.43. The SMILES string of the molecule is Cc1c(Cl)cccc1Nc1ccc(NC(=O)CC(C)C)nn1. The predicted molar refractivity (Wildman–Crippen MR) is 89.6 cm³/mol. The van der Waals surface area contributed by atoms with Crippen molar-refractivity contribution in [2.24, 2.45) is 5.92 Å². The van der Waals surface area contributed by atoms with Gasteiger partial charge in [-0.25, -0.2) is 0 Å². The van der Waals surface area contributed by atoms with Gasteiger partial charge in [0.1, 0.15) is 0 Å². The van der Waals surface area contributed by atoms with Crippen molar-refractivity contribution < 1.29 is 4.79 Å².